The number of Topliss-reactive ketones (excluding diaryl/α,β-unsaturated/α-hetero) is 1. The minimum absolute atomic E-state index is 0.0203. The van der Waals surface area contributed by atoms with Crippen LogP contribution < -0.4 is 21.3 Å². The fraction of sp³-hybridized carbons (Fsp3) is 0.750. The van der Waals surface area contributed by atoms with Crippen LogP contribution in [0.15, 0.2) is 12.3 Å². The topological polar surface area (TPSA) is 172 Å². The van der Waals surface area contributed by atoms with Crippen molar-refractivity contribution in [3.63, 3.8) is 0 Å². The summed E-state index contributed by atoms with van der Waals surface area (Å²) in [5.74, 6) is -2.77. The number of amides is 5. The molecule has 0 radical (unpaired) electrons. The Morgan fingerprint density at radius 2 is 1.69 bits per heavy atom. The molecule has 4 N–H and O–H groups in total. The minimum atomic E-state index is -0.971. The van der Waals surface area contributed by atoms with E-state index in [1.807, 2.05) is 20.8 Å². The highest BCUT2D eigenvalue weighted by molar-refractivity contribution is 6.38. The largest absolute Gasteiger partial charge is 0.347 e. The minimum Gasteiger partial charge on any atom is -0.347 e. The normalized spacial score (nSPS) is 28.9. The molecule has 0 bridgehead atoms. The molecule has 3 heterocycles. The maximum Gasteiger partial charge on any atom is 0.289 e. The van der Waals surface area contributed by atoms with Crippen molar-refractivity contribution in [3.8, 4) is 0 Å². The number of rotatable bonds is 12. The van der Waals surface area contributed by atoms with Gasteiger partial charge in [-0.15, -0.1) is 0 Å². The quantitative estimate of drug-likeness (QED) is 0.245. The Bertz CT molecular complexity index is 1460. The predicted molar refractivity (Wildman–Crippen MR) is 180 cm³/mol. The molecule has 2 saturated heterocycles. The number of piperidine rings is 1. The van der Waals surface area contributed by atoms with Crippen molar-refractivity contribution in [1.82, 2.24) is 35.9 Å². The SMILES string of the molecule is CCC[C@H](NC(=O)[C@@H]1C[C@@H]2CCCC3[C@@H]2N1C(=O)[C@@H](NC(=O)[C@@H](NC(=O)c1ccnn1C)C1CCCCC1)C3(C)C)C(=O)C(=O)NC1CC1. The first-order valence-electron chi connectivity index (χ1n) is 18.5. The summed E-state index contributed by atoms with van der Waals surface area (Å²) in [6, 6.07) is -2.05. The Kier molecular flexibility index (Phi) is 10.2. The van der Waals surface area contributed by atoms with Crippen molar-refractivity contribution in [3.05, 3.63) is 18.0 Å². The summed E-state index contributed by atoms with van der Waals surface area (Å²) in [6.45, 7) is 5.96. The first-order chi connectivity index (χ1) is 23.4. The van der Waals surface area contributed by atoms with Crippen molar-refractivity contribution in [2.45, 2.75) is 140 Å². The summed E-state index contributed by atoms with van der Waals surface area (Å²) in [6.07, 6.45) is 11.9. The van der Waals surface area contributed by atoms with E-state index in [2.05, 4.69) is 26.4 Å². The highest BCUT2D eigenvalue weighted by Crippen LogP contribution is 2.54. The van der Waals surface area contributed by atoms with Gasteiger partial charge in [-0.25, -0.2) is 0 Å². The lowest BCUT2D eigenvalue weighted by Crippen LogP contribution is -2.70. The lowest BCUT2D eigenvalue weighted by Gasteiger charge is -2.55. The van der Waals surface area contributed by atoms with Crippen molar-refractivity contribution < 1.29 is 28.8 Å². The van der Waals surface area contributed by atoms with Crippen molar-refractivity contribution >= 4 is 35.3 Å². The van der Waals surface area contributed by atoms with Crippen LogP contribution in [0.1, 0.15) is 115 Å². The summed E-state index contributed by atoms with van der Waals surface area (Å²) >= 11 is 0. The lowest BCUT2D eigenvalue weighted by molar-refractivity contribution is -0.160. The van der Waals surface area contributed by atoms with E-state index >= 15 is 0 Å². The van der Waals surface area contributed by atoms with Crippen LogP contribution in [0, 0.1) is 23.2 Å². The van der Waals surface area contributed by atoms with Gasteiger partial charge in [0, 0.05) is 25.3 Å². The van der Waals surface area contributed by atoms with Crippen LogP contribution in [0.4, 0.5) is 0 Å². The van der Waals surface area contributed by atoms with Gasteiger partial charge in [0.2, 0.25) is 23.5 Å². The molecule has 5 aliphatic rings. The number of carbonyl (C=O) groups excluding carboxylic acids is 6. The molecule has 3 aliphatic carbocycles. The van der Waals surface area contributed by atoms with Crippen LogP contribution in [0.25, 0.3) is 0 Å². The number of hydrogen-bond donors (Lipinski definition) is 4. The highest BCUT2D eigenvalue weighted by Gasteiger charge is 2.62. The molecule has 7 atom stereocenters. The number of ketones is 1. The molecule has 5 fully saturated rings. The number of nitrogens with zero attached hydrogens (tertiary/aromatic N) is 3. The molecule has 6 rings (SSSR count). The summed E-state index contributed by atoms with van der Waals surface area (Å²) in [4.78, 5) is 83.7. The zero-order valence-electron chi connectivity index (χ0n) is 29.3. The van der Waals surface area contributed by atoms with Crippen molar-refractivity contribution in [1.29, 1.82) is 0 Å². The van der Waals surface area contributed by atoms with Crippen molar-refractivity contribution in [2.75, 3.05) is 0 Å². The van der Waals surface area contributed by atoms with E-state index < -0.39 is 59.0 Å². The predicted octanol–water partition coefficient (Wildman–Crippen LogP) is 2.14. The maximum atomic E-state index is 14.6. The van der Waals surface area contributed by atoms with E-state index in [-0.39, 0.29) is 35.7 Å². The zero-order chi connectivity index (χ0) is 35.0. The van der Waals surface area contributed by atoms with Crippen LogP contribution >= 0.6 is 0 Å². The molecule has 13 heteroatoms. The van der Waals surface area contributed by atoms with Gasteiger partial charge in [0.15, 0.2) is 0 Å². The average Bonchev–Trinajstić information content (AvgIpc) is 3.64. The smallest absolute Gasteiger partial charge is 0.289 e. The zero-order valence-corrected chi connectivity index (χ0v) is 29.3. The molecule has 0 spiro atoms. The Morgan fingerprint density at radius 3 is 2.35 bits per heavy atom. The molecule has 1 unspecified atom stereocenters. The molecule has 1 aromatic heterocycles. The van der Waals surface area contributed by atoms with Crippen LogP contribution in [-0.4, -0.2) is 86.3 Å². The van der Waals surface area contributed by atoms with Crippen LogP contribution in [0.3, 0.4) is 0 Å². The van der Waals surface area contributed by atoms with Gasteiger partial charge in [-0.3, -0.25) is 33.4 Å². The van der Waals surface area contributed by atoms with Crippen LogP contribution in [0.2, 0.25) is 0 Å². The van der Waals surface area contributed by atoms with E-state index in [0.29, 0.717) is 25.0 Å². The van der Waals surface area contributed by atoms with Crippen LogP contribution in [0.5, 0.6) is 0 Å². The number of aryl methyl sites for hydroxylation is 1. The molecule has 13 nitrogen and oxygen atoms in total. The maximum absolute atomic E-state index is 14.6. The molecule has 268 valence electrons. The fourth-order valence-electron chi connectivity index (χ4n) is 9.21. The lowest BCUT2D eigenvalue weighted by atomic mass is 9.60. The van der Waals surface area contributed by atoms with E-state index in [0.717, 1.165) is 64.2 Å². The Hall–Kier alpha value is -3.77. The highest BCUT2D eigenvalue weighted by atomic mass is 16.2. The Morgan fingerprint density at radius 1 is 0.959 bits per heavy atom. The molecule has 2 aliphatic heterocycles. The molecule has 49 heavy (non-hydrogen) atoms. The molecule has 1 aromatic rings. The summed E-state index contributed by atoms with van der Waals surface area (Å²) in [7, 11) is 1.67. The van der Waals surface area contributed by atoms with Gasteiger partial charge in [-0.1, -0.05) is 52.9 Å². The molecule has 0 aromatic carbocycles. The molecule has 3 saturated carbocycles. The third kappa shape index (κ3) is 6.99. The molecular weight excluding hydrogens is 626 g/mol. The summed E-state index contributed by atoms with van der Waals surface area (Å²) < 4.78 is 1.47. The second kappa shape index (κ2) is 14.2. The molecule has 5 amide bonds. The van der Waals surface area contributed by atoms with Gasteiger partial charge in [-0.2, -0.15) is 5.10 Å². The summed E-state index contributed by atoms with van der Waals surface area (Å²) in [5.41, 5.74) is -0.266. The van der Waals surface area contributed by atoms with Gasteiger partial charge in [-0.05, 0) is 80.6 Å². The van der Waals surface area contributed by atoms with Gasteiger partial charge in [0.1, 0.15) is 23.8 Å². The van der Waals surface area contributed by atoms with Crippen molar-refractivity contribution in [2.24, 2.45) is 30.2 Å². The first kappa shape index (κ1) is 35.1. The second-order valence-corrected chi connectivity index (χ2v) is 15.7. The third-order valence-electron chi connectivity index (χ3n) is 12.0. The first-order valence-corrected chi connectivity index (χ1v) is 18.5. The van der Waals surface area contributed by atoms with Gasteiger partial charge >= 0.3 is 0 Å². The number of aromatic nitrogens is 2. The van der Waals surface area contributed by atoms with Gasteiger partial charge in [0.05, 0.1) is 6.04 Å². The Balaban J connectivity index is 1.23. The standard InChI is InChI=1S/C36H53N7O6/c1-5-10-24(29(44)34(48)38-22-15-16-22)39-32(46)26-19-21-13-9-14-23-28(21)43(26)35(49)30(36(23,2)3)41-33(47)27(20-11-7-6-8-12-20)40-31(45)25-17-18-37-42(25)4/h17-18,20-24,26-28,30H,5-16,19H2,1-4H3,(H,38,48)(H,39,46)(H,40,45)(H,41,47)/t21-,23?,24-,26-,27-,28+,30+/m0/s1. The Labute approximate surface area is 288 Å². The van der Waals surface area contributed by atoms with E-state index in [9.17, 15) is 28.8 Å². The van der Waals surface area contributed by atoms with Gasteiger partial charge in [0.25, 0.3) is 11.8 Å². The molecular formula is C36H53N7O6. The third-order valence-corrected chi connectivity index (χ3v) is 12.0. The fourth-order valence-corrected chi connectivity index (χ4v) is 9.21. The number of carbonyl (C=O) groups is 6. The summed E-state index contributed by atoms with van der Waals surface area (Å²) in [5, 5.41) is 15.8. The van der Waals surface area contributed by atoms with Crippen LogP contribution in [-0.2, 0) is 31.0 Å². The average molecular weight is 680 g/mol. The monoisotopic (exact) mass is 679 g/mol. The van der Waals surface area contributed by atoms with E-state index in [1.54, 1.807) is 18.0 Å². The number of hydrogen-bond acceptors (Lipinski definition) is 7. The number of nitrogens with one attached hydrogen (secondary N) is 4. The van der Waals surface area contributed by atoms with E-state index in [4.69, 9.17) is 0 Å². The second-order valence-electron chi connectivity index (χ2n) is 15.7. The van der Waals surface area contributed by atoms with E-state index in [1.165, 1.54) is 10.9 Å². The van der Waals surface area contributed by atoms with Gasteiger partial charge < -0.3 is 26.2 Å².